The molecule has 1 saturated carbocycles. The van der Waals surface area contributed by atoms with Crippen LogP contribution in [-0.2, 0) is 11.3 Å². The van der Waals surface area contributed by atoms with E-state index in [2.05, 4.69) is 9.64 Å². The SMILES string of the molecule is O=C(O)[C@@]12CCC[C@H]1CN(Cc1ccc(OC(F)F)cc1)C2. The van der Waals surface area contributed by atoms with Crippen molar-refractivity contribution in [3.8, 4) is 5.75 Å². The van der Waals surface area contributed by atoms with Gasteiger partial charge in [-0.25, -0.2) is 0 Å². The van der Waals surface area contributed by atoms with Gasteiger partial charge in [-0.1, -0.05) is 18.6 Å². The molecule has 1 heterocycles. The summed E-state index contributed by atoms with van der Waals surface area (Å²) in [6.07, 6.45) is 2.72. The highest BCUT2D eigenvalue weighted by molar-refractivity contribution is 5.76. The van der Waals surface area contributed by atoms with E-state index in [0.717, 1.165) is 31.4 Å². The Hall–Kier alpha value is -1.69. The summed E-state index contributed by atoms with van der Waals surface area (Å²) in [5.41, 5.74) is 0.390. The van der Waals surface area contributed by atoms with Crippen LogP contribution >= 0.6 is 0 Å². The van der Waals surface area contributed by atoms with Crippen LogP contribution in [0.15, 0.2) is 24.3 Å². The molecule has 1 N–H and O–H groups in total. The molecule has 0 aromatic heterocycles. The normalized spacial score (nSPS) is 28.0. The van der Waals surface area contributed by atoms with Gasteiger partial charge >= 0.3 is 12.6 Å². The summed E-state index contributed by atoms with van der Waals surface area (Å²) in [6, 6.07) is 6.54. The van der Waals surface area contributed by atoms with Gasteiger partial charge in [-0.2, -0.15) is 8.78 Å². The summed E-state index contributed by atoms with van der Waals surface area (Å²) < 4.78 is 28.5. The van der Waals surface area contributed by atoms with Crippen molar-refractivity contribution in [3.63, 3.8) is 0 Å². The van der Waals surface area contributed by atoms with E-state index in [1.165, 1.54) is 12.1 Å². The first-order chi connectivity index (χ1) is 10.5. The smallest absolute Gasteiger partial charge is 0.387 e. The third kappa shape index (κ3) is 2.79. The lowest BCUT2D eigenvalue weighted by atomic mass is 9.81. The Morgan fingerprint density at radius 2 is 2.14 bits per heavy atom. The number of rotatable bonds is 5. The summed E-state index contributed by atoms with van der Waals surface area (Å²) >= 11 is 0. The molecule has 1 aliphatic heterocycles. The first kappa shape index (κ1) is 15.2. The van der Waals surface area contributed by atoms with E-state index in [1.807, 2.05) is 0 Å². The Labute approximate surface area is 127 Å². The fourth-order valence-corrected chi connectivity index (χ4v) is 3.90. The number of ether oxygens (including phenoxy) is 1. The van der Waals surface area contributed by atoms with E-state index in [0.29, 0.717) is 13.1 Å². The van der Waals surface area contributed by atoms with Crippen LogP contribution in [0.3, 0.4) is 0 Å². The van der Waals surface area contributed by atoms with Crippen LogP contribution in [0.4, 0.5) is 8.78 Å². The van der Waals surface area contributed by atoms with Crippen LogP contribution in [0.5, 0.6) is 5.75 Å². The van der Waals surface area contributed by atoms with E-state index < -0.39 is 18.0 Å². The maximum Gasteiger partial charge on any atom is 0.387 e. The van der Waals surface area contributed by atoms with Crippen LogP contribution in [0, 0.1) is 11.3 Å². The Balaban J connectivity index is 1.64. The number of carbonyl (C=O) groups is 1. The first-order valence-electron chi connectivity index (χ1n) is 7.49. The zero-order chi connectivity index (χ0) is 15.7. The lowest BCUT2D eigenvalue weighted by molar-refractivity contribution is -0.149. The summed E-state index contributed by atoms with van der Waals surface area (Å²) in [5.74, 6) is -0.316. The zero-order valence-corrected chi connectivity index (χ0v) is 12.2. The van der Waals surface area contributed by atoms with Crippen molar-refractivity contribution in [2.24, 2.45) is 11.3 Å². The summed E-state index contributed by atoms with van der Waals surface area (Å²) in [4.78, 5) is 13.8. The maximum atomic E-state index is 12.1. The van der Waals surface area contributed by atoms with Crippen molar-refractivity contribution in [1.82, 2.24) is 4.90 Å². The van der Waals surface area contributed by atoms with Crippen molar-refractivity contribution >= 4 is 5.97 Å². The van der Waals surface area contributed by atoms with Crippen LogP contribution in [-0.4, -0.2) is 35.7 Å². The van der Waals surface area contributed by atoms with E-state index in [1.54, 1.807) is 12.1 Å². The molecule has 1 aromatic rings. The fourth-order valence-electron chi connectivity index (χ4n) is 3.90. The third-order valence-corrected chi connectivity index (χ3v) is 4.92. The minimum absolute atomic E-state index is 0.138. The Morgan fingerprint density at radius 3 is 2.73 bits per heavy atom. The van der Waals surface area contributed by atoms with Gasteiger partial charge in [0.25, 0.3) is 0 Å². The van der Waals surface area contributed by atoms with Crippen molar-refractivity contribution in [1.29, 1.82) is 0 Å². The molecule has 120 valence electrons. The molecule has 1 aromatic carbocycles. The quantitative estimate of drug-likeness (QED) is 0.908. The number of likely N-dealkylation sites (tertiary alicyclic amines) is 1. The molecule has 4 nitrogen and oxygen atoms in total. The second kappa shape index (κ2) is 5.83. The lowest BCUT2D eigenvalue weighted by Crippen LogP contribution is -2.35. The summed E-state index contributed by atoms with van der Waals surface area (Å²) in [5, 5.41) is 9.56. The predicted octanol–water partition coefficient (Wildman–Crippen LogP) is 2.97. The van der Waals surface area contributed by atoms with Gasteiger partial charge in [0.05, 0.1) is 5.41 Å². The highest BCUT2D eigenvalue weighted by atomic mass is 19.3. The largest absolute Gasteiger partial charge is 0.481 e. The molecule has 0 bridgehead atoms. The molecule has 1 saturated heterocycles. The zero-order valence-electron chi connectivity index (χ0n) is 12.2. The van der Waals surface area contributed by atoms with E-state index in [9.17, 15) is 18.7 Å². The number of carboxylic acids is 1. The average molecular weight is 311 g/mol. The molecule has 2 aliphatic rings. The number of hydrogen-bond donors (Lipinski definition) is 1. The second-order valence-corrected chi connectivity index (χ2v) is 6.24. The summed E-state index contributed by atoms with van der Waals surface area (Å²) in [7, 11) is 0. The van der Waals surface area contributed by atoms with Crippen molar-refractivity contribution < 1.29 is 23.4 Å². The molecule has 0 unspecified atom stereocenters. The van der Waals surface area contributed by atoms with Crippen LogP contribution in [0.1, 0.15) is 24.8 Å². The molecular formula is C16H19F2NO3. The number of halogens is 2. The van der Waals surface area contributed by atoms with Gasteiger partial charge in [0.1, 0.15) is 5.75 Å². The monoisotopic (exact) mass is 311 g/mol. The van der Waals surface area contributed by atoms with Gasteiger partial charge in [0.2, 0.25) is 0 Å². The number of carboxylic acid groups (broad SMARTS) is 1. The molecule has 0 spiro atoms. The standard InChI is InChI=1S/C16H19F2NO3/c17-15(18)22-13-5-3-11(4-6-13)8-19-9-12-2-1-7-16(12,10-19)14(20)21/h3-6,12,15H,1-2,7-10H2,(H,20,21)/t12-,16+/m0/s1. The maximum absolute atomic E-state index is 12.1. The van der Waals surface area contributed by atoms with Crippen LogP contribution < -0.4 is 4.74 Å². The van der Waals surface area contributed by atoms with E-state index >= 15 is 0 Å². The minimum Gasteiger partial charge on any atom is -0.481 e. The van der Waals surface area contributed by atoms with Gasteiger partial charge in [-0.15, -0.1) is 0 Å². The molecular weight excluding hydrogens is 292 g/mol. The highest BCUT2D eigenvalue weighted by Crippen LogP contribution is 2.49. The van der Waals surface area contributed by atoms with Gasteiger partial charge in [0, 0.05) is 19.6 Å². The molecule has 2 atom stereocenters. The van der Waals surface area contributed by atoms with Gasteiger partial charge in [-0.05, 0) is 36.5 Å². The first-order valence-corrected chi connectivity index (χ1v) is 7.49. The Bertz CT molecular complexity index is 549. The molecule has 2 fully saturated rings. The third-order valence-electron chi connectivity index (χ3n) is 4.92. The number of fused-ring (bicyclic) bond motifs is 1. The molecule has 22 heavy (non-hydrogen) atoms. The molecule has 3 rings (SSSR count). The number of aliphatic carboxylic acids is 1. The number of benzene rings is 1. The Morgan fingerprint density at radius 1 is 1.41 bits per heavy atom. The number of alkyl halides is 2. The van der Waals surface area contributed by atoms with E-state index in [-0.39, 0.29) is 11.7 Å². The highest BCUT2D eigenvalue weighted by Gasteiger charge is 2.54. The Kier molecular flexibility index (Phi) is 4.04. The predicted molar refractivity (Wildman–Crippen MR) is 75.8 cm³/mol. The van der Waals surface area contributed by atoms with Gasteiger partial charge in [0.15, 0.2) is 0 Å². The second-order valence-electron chi connectivity index (χ2n) is 6.24. The van der Waals surface area contributed by atoms with Crippen molar-refractivity contribution in [2.45, 2.75) is 32.4 Å². The van der Waals surface area contributed by atoms with Crippen molar-refractivity contribution in [2.75, 3.05) is 13.1 Å². The van der Waals surface area contributed by atoms with Gasteiger partial charge in [-0.3, -0.25) is 9.69 Å². The average Bonchev–Trinajstić information content (AvgIpc) is 2.98. The molecule has 0 radical (unpaired) electrons. The topological polar surface area (TPSA) is 49.8 Å². The van der Waals surface area contributed by atoms with Crippen LogP contribution in [0.2, 0.25) is 0 Å². The van der Waals surface area contributed by atoms with E-state index in [4.69, 9.17) is 0 Å². The minimum atomic E-state index is -2.82. The number of hydrogen-bond acceptors (Lipinski definition) is 3. The number of nitrogens with zero attached hydrogens (tertiary/aromatic N) is 1. The fraction of sp³-hybridized carbons (Fsp3) is 0.562. The van der Waals surface area contributed by atoms with Crippen molar-refractivity contribution in [3.05, 3.63) is 29.8 Å². The van der Waals surface area contributed by atoms with Gasteiger partial charge < -0.3 is 9.84 Å². The molecule has 0 amide bonds. The molecule has 1 aliphatic carbocycles. The lowest BCUT2D eigenvalue weighted by Gasteiger charge is -2.23. The molecule has 6 heteroatoms. The summed E-state index contributed by atoms with van der Waals surface area (Å²) in [6.45, 7) is -0.816. The van der Waals surface area contributed by atoms with Crippen LogP contribution in [0.25, 0.3) is 0 Å².